The van der Waals surface area contributed by atoms with Gasteiger partial charge in [-0.15, -0.1) is 0 Å². The van der Waals surface area contributed by atoms with Gasteiger partial charge in [0.05, 0.1) is 0 Å². The van der Waals surface area contributed by atoms with E-state index in [1.807, 2.05) is 0 Å². The maximum atomic E-state index is 3.56. The molecule has 2 nitrogen and oxygen atoms in total. The molecule has 0 amide bonds. The SMILES string of the molecule is CCN(C)CCC1NCCC1C. The van der Waals surface area contributed by atoms with Gasteiger partial charge in [0.2, 0.25) is 0 Å². The third kappa shape index (κ3) is 2.76. The minimum atomic E-state index is 0.777. The molecule has 0 aliphatic carbocycles. The molecule has 0 bridgehead atoms. The molecule has 0 radical (unpaired) electrons. The van der Waals surface area contributed by atoms with Crippen LogP contribution in [0.5, 0.6) is 0 Å². The smallest absolute Gasteiger partial charge is 0.0105 e. The topological polar surface area (TPSA) is 15.3 Å². The lowest BCUT2D eigenvalue weighted by Crippen LogP contribution is -2.31. The Morgan fingerprint density at radius 2 is 2.25 bits per heavy atom. The van der Waals surface area contributed by atoms with Gasteiger partial charge in [-0.2, -0.15) is 0 Å². The Bertz CT molecular complexity index is 125. The molecule has 1 saturated heterocycles. The maximum Gasteiger partial charge on any atom is 0.0105 e. The molecule has 1 heterocycles. The highest BCUT2D eigenvalue weighted by Crippen LogP contribution is 2.16. The normalized spacial score (nSPS) is 30.0. The predicted molar refractivity (Wildman–Crippen MR) is 53.4 cm³/mol. The van der Waals surface area contributed by atoms with E-state index in [-0.39, 0.29) is 0 Å². The van der Waals surface area contributed by atoms with Gasteiger partial charge in [-0.3, -0.25) is 0 Å². The summed E-state index contributed by atoms with van der Waals surface area (Å²) in [6.07, 6.45) is 2.67. The van der Waals surface area contributed by atoms with Crippen LogP contribution in [0.15, 0.2) is 0 Å². The van der Waals surface area contributed by atoms with E-state index in [1.54, 1.807) is 0 Å². The lowest BCUT2D eigenvalue weighted by molar-refractivity contribution is 0.312. The van der Waals surface area contributed by atoms with Gasteiger partial charge in [-0.25, -0.2) is 0 Å². The second-order valence-corrected chi connectivity index (χ2v) is 4.01. The van der Waals surface area contributed by atoms with Gasteiger partial charge in [-0.1, -0.05) is 13.8 Å². The zero-order chi connectivity index (χ0) is 8.97. The van der Waals surface area contributed by atoms with Crippen LogP contribution in [0, 0.1) is 5.92 Å². The van der Waals surface area contributed by atoms with E-state index in [0.29, 0.717) is 0 Å². The minimum absolute atomic E-state index is 0.777. The van der Waals surface area contributed by atoms with E-state index < -0.39 is 0 Å². The molecular formula is C10H22N2. The molecule has 72 valence electrons. The molecule has 12 heavy (non-hydrogen) atoms. The predicted octanol–water partition coefficient (Wildman–Crippen LogP) is 1.33. The summed E-state index contributed by atoms with van der Waals surface area (Å²) in [6.45, 7) is 8.20. The molecule has 2 heteroatoms. The molecule has 1 aliphatic rings. The van der Waals surface area contributed by atoms with Crippen molar-refractivity contribution in [2.75, 3.05) is 26.7 Å². The molecular weight excluding hydrogens is 148 g/mol. The molecule has 1 N–H and O–H groups in total. The fraction of sp³-hybridized carbons (Fsp3) is 1.00. The maximum absolute atomic E-state index is 3.56. The van der Waals surface area contributed by atoms with Crippen LogP contribution in [0.25, 0.3) is 0 Å². The summed E-state index contributed by atoms with van der Waals surface area (Å²) >= 11 is 0. The van der Waals surface area contributed by atoms with Crippen LogP contribution in [0.4, 0.5) is 0 Å². The van der Waals surface area contributed by atoms with Crippen LogP contribution in [0.3, 0.4) is 0 Å². The molecule has 1 fully saturated rings. The van der Waals surface area contributed by atoms with E-state index in [4.69, 9.17) is 0 Å². The molecule has 0 aromatic carbocycles. The summed E-state index contributed by atoms with van der Waals surface area (Å²) in [5.41, 5.74) is 0. The average Bonchev–Trinajstić information content (AvgIpc) is 2.47. The number of hydrogen-bond donors (Lipinski definition) is 1. The van der Waals surface area contributed by atoms with Crippen LogP contribution >= 0.6 is 0 Å². The van der Waals surface area contributed by atoms with Gasteiger partial charge in [-0.05, 0) is 45.4 Å². The summed E-state index contributed by atoms with van der Waals surface area (Å²) in [7, 11) is 2.19. The van der Waals surface area contributed by atoms with Crippen molar-refractivity contribution in [2.45, 2.75) is 32.7 Å². The number of nitrogens with zero attached hydrogens (tertiary/aromatic N) is 1. The molecule has 0 spiro atoms. The first-order chi connectivity index (χ1) is 5.74. The van der Waals surface area contributed by atoms with Gasteiger partial charge >= 0.3 is 0 Å². The Morgan fingerprint density at radius 1 is 1.50 bits per heavy atom. The third-order valence-corrected chi connectivity index (χ3v) is 3.05. The monoisotopic (exact) mass is 170 g/mol. The van der Waals surface area contributed by atoms with Gasteiger partial charge in [0.15, 0.2) is 0 Å². The summed E-state index contributed by atoms with van der Waals surface area (Å²) < 4.78 is 0. The summed E-state index contributed by atoms with van der Waals surface area (Å²) in [5.74, 6) is 0.884. The van der Waals surface area contributed by atoms with Crippen molar-refractivity contribution in [2.24, 2.45) is 5.92 Å². The van der Waals surface area contributed by atoms with Gasteiger partial charge in [0, 0.05) is 6.04 Å². The quantitative estimate of drug-likeness (QED) is 0.684. The Hall–Kier alpha value is -0.0800. The van der Waals surface area contributed by atoms with Crippen LogP contribution in [0.2, 0.25) is 0 Å². The van der Waals surface area contributed by atoms with Crippen molar-refractivity contribution in [3.8, 4) is 0 Å². The first-order valence-electron chi connectivity index (χ1n) is 5.16. The number of nitrogens with one attached hydrogen (secondary N) is 1. The number of rotatable bonds is 4. The molecule has 2 atom stereocenters. The van der Waals surface area contributed by atoms with Crippen molar-refractivity contribution in [1.82, 2.24) is 10.2 Å². The Balaban J connectivity index is 2.13. The second-order valence-electron chi connectivity index (χ2n) is 4.01. The largest absolute Gasteiger partial charge is 0.314 e. The van der Waals surface area contributed by atoms with Gasteiger partial charge in [0.25, 0.3) is 0 Å². The zero-order valence-electron chi connectivity index (χ0n) is 8.64. The highest BCUT2D eigenvalue weighted by Gasteiger charge is 2.21. The second kappa shape index (κ2) is 4.83. The lowest BCUT2D eigenvalue weighted by Gasteiger charge is -2.19. The Kier molecular flexibility index (Phi) is 4.02. The summed E-state index contributed by atoms with van der Waals surface area (Å²) in [5, 5.41) is 3.56. The Morgan fingerprint density at radius 3 is 2.75 bits per heavy atom. The fourth-order valence-corrected chi connectivity index (χ4v) is 1.80. The first-order valence-corrected chi connectivity index (χ1v) is 5.16. The average molecular weight is 170 g/mol. The van der Waals surface area contributed by atoms with Crippen LogP contribution < -0.4 is 5.32 Å². The minimum Gasteiger partial charge on any atom is -0.314 e. The standard InChI is InChI=1S/C10H22N2/c1-4-12(3)8-6-10-9(2)5-7-11-10/h9-11H,4-8H2,1-3H3. The van der Waals surface area contributed by atoms with Gasteiger partial charge in [0.1, 0.15) is 0 Å². The highest BCUT2D eigenvalue weighted by molar-refractivity contribution is 4.81. The summed E-state index contributed by atoms with van der Waals surface area (Å²) in [6, 6.07) is 0.777. The van der Waals surface area contributed by atoms with Crippen molar-refractivity contribution in [3.05, 3.63) is 0 Å². The highest BCUT2D eigenvalue weighted by atomic mass is 15.1. The molecule has 0 aromatic rings. The van der Waals surface area contributed by atoms with Crippen LogP contribution in [-0.2, 0) is 0 Å². The van der Waals surface area contributed by atoms with E-state index in [1.165, 1.54) is 32.5 Å². The van der Waals surface area contributed by atoms with Crippen LogP contribution in [0.1, 0.15) is 26.7 Å². The Labute approximate surface area is 76.3 Å². The summed E-state index contributed by atoms with van der Waals surface area (Å²) in [4.78, 5) is 2.38. The first kappa shape index (κ1) is 10.0. The molecule has 1 rings (SSSR count). The molecule has 1 aliphatic heterocycles. The van der Waals surface area contributed by atoms with Crippen molar-refractivity contribution in [3.63, 3.8) is 0 Å². The van der Waals surface area contributed by atoms with Crippen molar-refractivity contribution >= 4 is 0 Å². The van der Waals surface area contributed by atoms with E-state index in [2.05, 4.69) is 31.1 Å². The van der Waals surface area contributed by atoms with Crippen LogP contribution in [-0.4, -0.2) is 37.6 Å². The lowest BCUT2D eigenvalue weighted by atomic mass is 10.0. The van der Waals surface area contributed by atoms with Crippen molar-refractivity contribution in [1.29, 1.82) is 0 Å². The molecule has 0 saturated carbocycles. The van der Waals surface area contributed by atoms with E-state index in [0.717, 1.165) is 12.0 Å². The van der Waals surface area contributed by atoms with Gasteiger partial charge < -0.3 is 10.2 Å². The zero-order valence-corrected chi connectivity index (χ0v) is 8.64. The number of hydrogen-bond acceptors (Lipinski definition) is 2. The molecule has 0 aromatic heterocycles. The van der Waals surface area contributed by atoms with E-state index >= 15 is 0 Å². The fourth-order valence-electron chi connectivity index (χ4n) is 1.80. The third-order valence-electron chi connectivity index (χ3n) is 3.05. The molecule has 2 unspecified atom stereocenters. The van der Waals surface area contributed by atoms with Crippen molar-refractivity contribution < 1.29 is 0 Å². The van der Waals surface area contributed by atoms with E-state index in [9.17, 15) is 0 Å².